The molecule has 7 nitrogen and oxygen atoms in total. The molecule has 4 rings (SSSR count). The van der Waals surface area contributed by atoms with E-state index in [0.29, 0.717) is 25.8 Å². The van der Waals surface area contributed by atoms with Gasteiger partial charge in [0.15, 0.2) is 0 Å². The van der Waals surface area contributed by atoms with Gasteiger partial charge in [-0.2, -0.15) is 0 Å². The highest BCUT2D eigenvalue weighted by molar-refractivity contribution is 5.68. The first-order valence-corrected chi connectivity index (χ1v) is 12.9. The van der Waals surface area contributed by atoms with E-state index in [1.54, 1.807) is 12.0 Å². The third-order valence-electron chi connectivity index (χ3n) is 8.06. The number of carbonyl (C=O) groups is 2. The van der Waals surface area contributed by atoms with Crippen LogP contribution in [-0.2, 0) is 26.3 Å². The van der Waals surface area contributed by atoms with Crippen molar-refractivity contribution in [3.63, 3.8) is 0 Å². The average Bonchev–Trinajstić information content (AvgIpc) is 2.91. The van der Waals surface area contributed by atoms with Gasteiger partial charge >= 0.3 is 12.1 Å². The standard InChI is InChI=1S/C30H38N2O5/c1-5-17-32-18-16-29(25-12-9-13-27(19-25)35-4)20-26(14-15-30(29,22-32)37-23(2)33)31(3)28(34)36-21-24-10-7-6-8-11-24/h5-13,19,26H,1,14-18,20-22H2,2-4H3/t26-,29-,30-/m0/s1. The van der Waals surface area contributed by atoms with E-state index in [-0.39, 0.29) is 24.7 Å². The van der Waals surface area contributed by atoms with Gasteiger partial charge in [-0.05, 0) is 55.5 Å². The monoisotopic (exact) mass is 506 g/mol. The molecule has 1 aliphatic heterocycles. The number of piperidine rings is 1. The Labute approximate surface area is 220 Å². The van der Waals surface area contributed by atoms with Crippen LogP contribution in [0.4, 0.5) is 4.79 Å². The Kier molecular flexibility index (Phi) is 8.22. The molecule has 1 saturated carbocycles. The van der Waals surface area contributed by atoms with Gasteiger partial charge in [0.05, 0.1) is 7.11 Å². The predicted octanol–water partition coefficient (Wildman–Crippen LogP) is 4.95. The first-order valence-electron chi connectivity index (χ1n) is 12.9. The summed E-state index contributed by atoms with van der Waals surface area (Å²) >= 11 is 0. The van der Waals surface area contributed by atoms with Crippen molar-refractivity contribution in [3.05, 3.63) is 78.4 Å². The number of ether oxygens (including phenoxy) is 3. The number of esters is 1. The molecule has 1 aliphatic carbocycles. The summed E-state index contributed by atoms with van der Waals surface area (Å²) < 4.78 is 17.5. The summed E-state index contributed by atoms with van der Waals surface area (Å²) in [7, 11) is 3.46. The second-order valence-electron chi connectivity index (χ2n) is 10.2. The molecule has 0 unspecified atom stereocenters. The fraction of sp³-hybridized carbons (Fsp3) is 0.467. The first kappa shape index (κ1) is 26.7. The summed E-state index contributed by atoms with van der Waals surface area (Å²) in [5.74, 6) is 0.469. The van der Waals surface area contributed by atoms with Crippen LogP contribution in [0.25, 0.3) is 0 Å². The van der Waals surface area contributed by atoms with Gasteiger partial charge in [-0.25, -0.2) is 4.79 Å². The van der Waals surface area contributed by atoms with Gasteiger partial charge in [0.2, 0.25) is 0 Å². The molecule has 1 heterocycles. The van der Waals surface area contributed by atoms with Gasteiger partial charge in [0.25, 0.3) is 0 Å². The average molecular weight is 507 g/mol. The molecule has 0 bridgehead atoms. The van der Waals surface area contributed by atoms with E-state index in [1.165, 1.54) is 6.92 Å². The molecule has 37 heavy (non-hydrogen) atoms. The van der Waals surface area contributed by atoms with Crippen molar-refractivity contribution < 1.29 is 23.8 Å². The molecule has 1 saturated heterocycles. The highest BCUT2D eigenvalue weighted by Gasteiger charge is 2.61. The van der Waals surface area contributed by atoms with Crippen LogP contribution < -0.4 is 4.74 Å². The summed E-state index contributed by atoms with van der Waals surface area (Å²) in [6.07, 6.45) is 4.33. The number of amides is 1. The van der Waals surface area contributed by atoms with Crippen molar-refractivity contribution in [3.8, 4) is 5.75 Å². The molecular weight excluding hydrogens is 468 g/mol. The molecule has 1 amide bonds. The summed E-state index contributed by atoms with van der Waals surface area (Å²) in [6.45, 7) is 7.80. The van der Waals surface area contributed by atoms with Crippen LogP contribution in [0, 0.1) is 0 Å². The van der Waals surface area contributed by atoms with Crippen LogP contribution in [0.15, 0.2) is 67.3 Å². The maximum atomic E-state index is 13.1. The molecule has 3 atom stereocenters. The minimum absolute atomic E-state index is 0.0656. The fourth-order valence-corrected chi connectivity index (χ4v) is 6.22. The van der Waals surface area contributed by atoms with Crippen molar-refractivity contribution in [2.24, 2.45) is 0 Å². The van der Waals surface area contributed by atoms with Crippen molar-refractivity contribution in [2.45, 2.75) is 56.3 Å². The third-order valence-corrected chi connectivity index (χ3v) is 8.06. The Morgan fingerprint density at radius 3 is 2.65 bits per heavy atom. The van der Waals surface area contributed by atoms with E-state index in [2.05, 4.69) is 23.6 Å². The lowest BCUT2D eigenvalue weighted by Gasteiger charge is -2.60. The molecule has 2 aliphatic rings. The maximum Gasteiger partial charge on any atom is 0.410 e. The number of methoxy groups -OCH3 is 1. The van der Waals surface area contributed by atoms with E-state index in [1.807, 2.05) is 55.6 Å². The third kappa shape index (κ3) is 5.52. The van der Waals surface area contributed by atoms with E-state index >= 15 is 0 Å². The summed E-state index contributed by atoms with van der Waals surface area (Å²) in [5.41, 5.74) is 0.811. The number of hydrogen-bond acceptors (Lipinski definition) is 6. The number of benzene rings is 2. The molecule has 0 N–H and O–H groups in total. The zero-order chi connectivity index (χ0) is 26.5. The topological polar surface area (TPSA) is 68.3 Å². The summed E-state index contributed by atoms with van der Waals surface area (Å²) in [6, 6.07) is 17.7. The van der Waals surface area contributed by atoms with Crippen LogP contribution >= 0.6 is 0 Å². The minimum atomic E-state index is -0.724. The van der Waals surface area contributed by atoms with E-state index < -0.39 is 11.0 Å². The quantitative estimate of drug-likeness (QED) is 0.373. The van der Waals surface area contributed by atoms with Crippen molar-refractivity contribution in [2.75, 3.05) is 33.8 Å². The van der Waals surface area contributed by atoms with Crippen LogP contribution in [0.2, 0.25) is 0 Å². The van der Waals surface area contributed by atoms with Crippen LogP contribution in [0.1, 0.15) is 43.7 Å². The van der Waals surface area contributed by atoms with Crippen LogP contribution in [0.5, 0.6) is 5.75 Å². The molecule has 0 spiro atoms. The van der Waals surface area contributed by atoms with Gasteiger partial charge in [-0.3, -0.25) is 9.69 Å². The molecule has 2 aromatic carbocycles. The largest absolute Gasteiger partial charge is 0.497 e. The smallest absolute Gasteiger partial charge is 0.410 e. The molecule has 0 aromatic heterocycles. The molecular formula is C30H38N2O5. The number of likely N-dealkylation sites (tertiary alicyclic amines) is 1. The Hall–Kier alpha value is -3.32. The highest BCUT2D eigenvalue weighted by atomic mass is 16.6. The fourth-order valence-electron chi connectivity index (χ4n) is 6.22. The molecule has 198 valence electrons. The Balaban J connectivity index is 1.66. The van der Waals surface area contributed by atoms with Gasteiger partial charge in [-0.1, -0.05) is 48.5 Å². The second kappa shape index (κ2) is 11.4. The predicted molar refractivity (Wildman–Crippen MR) is 142 cm³/mol. The van der Waals surface area contributed by atoms with Crippen molar-refractivity contribution >= 4 is 12.1 Å². The van der Waals surface area contributed by atoms with Crippen molar-refractivity contribution in [1.82, 2.24) is 9.80 Å². The van der Waals surface area contributed by atoms with Crippen molar-refractivity contribution in [1.29, 1.82) is 0 Å². The Bertz CT molecular complexity index is 1110. The van der Waals surface area contributed by atoms with E-state index in [0.717, 1.165) is 36.4 Å². The lowest BCUT2D eigenvalue weighted by atomic mass is 9.55. The second-order valence-corrected chi connectivity index (χ2v) is 10.2. The van der Waals surface area contributed by atoms with Crippen LogP contribution in [-0.4, -0.2) is 67.3 Å². The van der Waals surface area contributed by atoms with Gasteiger partial charge in [-0.15, -0.1) is 6.58 Å². The molecule has 0 radical (unpaired) electrons. The highest BCUT2D eigenvalue weighted by Crippen LogP contribution is 2.54. The Morgan fingerprint density at radius 2 is 1.95 bits per heavy atom. The maximum absolute atomic E-state index is 13.1. The van der Waals surface area contributed by atoms with Gasteiger partial charge in [0.1, 0.15) is 18.0 Å². The summed E-state index contributed by atoms with van der Waals surface area (Å²) in [4.78, 5) is 29.6. The van der Waals surface area contributed by atoms with E-state index in [9.17, 15) is 9.59 Å². The zero-order valence-electron chi connectivity index (χ0n) is 22.2. The number of rotatable bonds is 8. The molecule has 7 heteroatoms. The lowest BCUT2D eigenvalue weighted by Crippen LogP contribution is -2.68. The first-order chi connectivity index (χ1) is 17.8. The van der Waals surface area contributed by atoms with E-state index in [4.69, 9.17) is 14.2 Å². The minimum Gasteiger partial charge on any atom is -0.497 e. The number of hydrogen-bond donors (Lipinski definition) is 0. The van der Waals surface area contributed by atoms with Crippen LogP contribution in [0.3, 0.4) is 0 Å². The van der Waals surface area contributed by atoms with Gasteiger partial charge < -0.3 is 19.1 Å². The molecule has 2 aromatic rings. The molecule has 2 fully saturated rings. The normalized spacial score (nSPS) is 25.4. The summed E-state index contributed by atoms with van der Waals surface area (Å²) in [5, 5.41) is 0. The van der Waals surface area contributed by atoms with Gasteiger partial charge in [0, 0.05) is 38.5 Å². The number of nitrogens with zero attached hydrogens (tertiary/aromatic N) is 2. The number of fused-ring (bicyclic) bond motifs is 1. The number of carbonyl (C=O) groups excluding carboxylic acids is 2. The zero-order valence-corrected chi connectivity index (χ0v) is 22.2. The lowest BCUT2D eigenvalue weighted by molar-refractivity contribution is -0.188. The Morgan fingerprint density at radius 1 is 1.16 bits per heavy atom. The SMILES string of the molecule is C=CCN1CC[C@@]2(c3cccc(OC)c3)C[C@@H](N(C)C(=O)OCc3ccccc3)CC[C@]2(OC(C)=O)C1.